The number of nitrogens with one attached hydrogen (secondary N) is 1. The molecule has 0 saturated carbocycles. The van der Waals surface area contributed by atoms with Crippen LogP contribution in [0.4, 0.5) is 11.4 Å². The molecule has 0 spiro atoms. The first-order valence-electron chi connectivity index (χ1n) is 9.71. The van der Waals surface area contributed by atoms with Gasteiger partial charge in [0.25, 0.3) is 11.5 Å². The molecule has 2 aromatic carbocycles. The Hall–Kier alpha value is -3.92. The van der Waals surface area contributed by atoms with Crippen LogP contribution in [0, 0.1) is 0 Å². The molecular weight excluding hydrogens is 432 g/mol. The number of amides is 1. The van der Waals surface area contributed by atoms with E-state index in [2.05, 4.69) is 10.3 Å². The molecule has 10 heteroatoms. The molecule has 0 saturated heterocycles. The van der Waals surface area contributed by atoms with Gasteiger partial charge in [0.05, 0.1) is 25.4 Å². The van der Waals surface area contributed by atoms with Crippen molar-refractivity contribution in [2.75, 3.05) is 31.1 Å². The maximum absolute atomic E-state index is 13.3. The van der Waals surface area contributed by atoms with Gasteiger partial charge in [0.1, 0.15) is 23.6 Å². The molecule has 0 atom stereocenters. The minimum Gasteiger partial charge on any atom is -0.497 e. The highest BCUT2D eigenvalue weighted by Crippen LogP contribution is 2.33. The van der Waals surface area contributed by atoms with E-state index in [-0.39, 0.29) is 18.1 Å². The lowest BCUT2D eigenvalue weighted by molar-refractivity contribution is -0.110. The first kappa shape index (κ1) is 20.0. The van der Waals surface area contributed by atoms with Gasteiger partial charge in [-0.1, -0.05) is 11.3 Å². The van der Waals surface area contributed by atoms with Crippen molar-refractivity contribution < 1.29 is 19.1 Å². The lowest BCUT2D eigenvalue weighted by atomic mass is 10.1. The number of fused-ring (bicyclic) bond motifs is 2. The third kappa shape index (κ3) is 3.16. The van der Waals surface area contributed by atoms with Crippen LogP contribution in [-0.2, 0) is 16.2 Å². The zero-order valence-corrected chi connectivity index (χ0v) is 18.1. The highest BCUT2D eigenvalue weighted by atomic mass is 32.1. The SMILES string of the molecule is COC(=O)c1ccc(N2CN=c3sc(=C4C(=O)Nc5ccc(OC)cc54)c(=O)n3C2)cc1. The van der Waals surface area contributed by atoms with E-state index in [1.807, 2.05) is 4.90 Å². The second-order valence-corrected chi connectivity index (χ2v) is 8.18. The maximum Gasteiger partial charge on any atom is 0.337 e. The lowest BCUT2D eigenvalue weighted by Crippen LogP contribution is -2.43. The molecule has 0 unspecified atom stereocenters. The van der Waals surface area contributed by atoms with E-state index >= 15 is 0 Å². The Balaban J connectivity index is 1.55. The monoisotopic (exact) mass is 450 g/mol. The van der Waals surface area contributed by atoms with Gasteiger partial charge in [-0.2, -0.15) is 0 Å². The van der Waals surface area contributed by atoms with Gasteiger partial charge in [0.15, 0.2) is 4.80 Å². The summed E-state index contributed by atoms with van der Waals surface area (Å²) in [5, 5.41) is 2.81. The Bertz CT molecular complexity index is 1440. The van der Waals surface area contributed by atoms with Crippen LogP contribution in [0.3, 0.4) is 0 Å². The van der Waals surface area contributed by atoms with Crippen molar-refractivity contribution in [3.8, 4) is 5.75 Å². The van der Waals surface area contributed by atoms with Crippen molar-refractivity contribution in [1.82, 2.24) is 4.57 Å². The average molecular weight is 450 g/mol. The number of carbonyl (C=O) groups is 2. The van der Waals surface area contributed by atoms with Crippen LogP contribution in [0.1, 0.15) is 15.9 Å². The van der Waals surface area contributed by atoms with Crippen molar-refractivity contribution in [2.45, 2.75) is 6.67 Å². The van der Waals surface area contributed by atoms with Gasteiger partial charge in [-0.25, -0.2) is 9.79 Å². The van der Waals surface area contributed by atoms with Gasteiger partial charge < -0.3 is 19.7 Å². The van der Waals surface area contributed by atoms with Crippen molar-refractivity contribution in [3.63, 3.8) is 0 Å². The zero-order valence-electron chi connectivity index (χ0n) is 17.2. The van der Waals surface area contributed by atoms with Crippen LogP contribution in [0.15, 0.2) is 52.3 Å². The number of hydrogen-bond acceptors (Lipinski definition) is 8. The fourth-order valence-corrected chi connectivity index (χ4v) is 4.81. The average Bonchev–Trinajstić information content (AvgIpc) is 3.32. The molecule has 1 aromatic heterocycles. The fourth-order valence-electron chi connectivity index (χ4n) is 3.75. The number of hydrogen-bond donors (Lipinski definition) is 1. The highest BCUT2D eigenvalue weighted by Gasteiger charge is 2.28. The number of thiazole rings is 1. The number of aromatic nitrogens is 1. The molecule has 0 bridgehead atoms. The largest absolute Gasteiger partial charge is 0.497 e. The second-order valence-electron chi connectivity index (χ2n) is 7.21. The first-order valence-corrected chi connectivity index (χ1v) is 10.5. The minimum absolute atomic E-state index is 0.273. The Morgan fingerprint density at radius 2 is 1.91 bits per heavy atom. The van der Waals surface area contributed by atoms with Gasteiger partial charge in [-0.05, 0) is 42.5 Å². The second kappa shape index (κ2) is 7.65. The maximum atomic E-state index is 13.3. The van der Waals surface area contributed by atoms with E-state index in [4.69, 9.17) is 9.47 Å². The number of methoxy groups -OCH3 is 2. The number of benzene rings is 2. The molecule has 1 amide bonds. The zero-order chi connectivity index (χ0) is 22.4. The van der Waals surface area contributed by atoms with Gasteiger partial charge in [-0.15, -0.1) is 0 Å². The molecule has 0 radical (unpaired) electrons. The van der Waals surface area contributed by atoms with Crippen molar-refractivity contribution in [1.29, 1.82) is 0 Å². The highest BCUT2D eigenvalue weighted by molar-refractivity contribution is 7.07. The summed E-state index contributed by atoms with van der Waals surface area (Å²) >= 11 is 1.20. The van der Waals surface area contributed by atoms with Crippen LogP contribution in [-0.4, -0.2) is 37.3 Å². The molecule has 1 N–H and O–H groups in total. The molecule has 3 aromatic rings. The smallest absolute Gasteiger partial charge is 0.337 e. The van der Waals surface area contributed by atoms with Crippen LogP contribution < -0.4 is 29.8 Å². The number of ether oxygens (including phenoxy) is 2. The predicted octanol–water partition coefficient (Wildman–Crippen LogP) is 0.911. The third-order valence-electron chi connectivity index (χ3n) is 5.40. The van der Waals surface area contributed by atoms with Gasteiger partial charge in [-0.3, -0.25) is 14.2 Å². The first-order chi connectivity index (χ1) is 15.5. The van der Waals surface area contributed by atoms with Crippen LogP contribution in [0.5, 0.6) is 5.75 Å². The Kier molecular flexibility index (Phi) is 4.78. The summed E-state index contributed by atoms with van der Waals surface area (Å²) in [5.41, 5.74) is 2.60. The minimum atomic E-state index is -0.412. The van der Waals surface area contributed by atoms with E-state index in [1.165, 1.54) is 18.4 Å². The van der Waals surface area contributed by atoms with Crippen LogP contribution >= 0.6 is 11.3 Å². The number of carbonyl (C=O) groups excluding carboxylic acids is 2. The van der Waals surface area contributed by atoms with Crippen molar-refractivity contribution in [3.05, 3.63) is 73.3 Å². The molecule has 5 rings (SSSR count). The normalized spacial score (nSPS) is 16.1. The summed E-state index contributed by atoms with van der Waals surface area (Å²) in [6.45, 7) is 0.633. The van der Waals surface area contributed by atoms with Crippen LogP contribution in [0.2, 0.25) is 0 Å². The number of nitrogens with zero attached hydrogens (tertiary/aromatic N) is 3. The summed E-state index contributed by atoms with van der Waals surface area (Å²) in [4.78, 5) is 44.6. The summed E-state index contributed by atoms with van der Waals surface area (Å²) in [5.74, 6) is -0.130. The summed E-state index contributed by atoms with van der Waals surface area (Å²) < 4.78 is 11.9. The third-order valence-corrected chi connectivity index (χ3v) is 6.52. The number of rotatable bonds is 3. The number of anilines is 2. The molecule has 32 heavy (non-hydrogen) atoms. The quantitative estimate of drug-likeness (QED) is 0.596. The van der Waals surface area contributed by atoms with Gasteiger partial charge >= 0.3 is 5.97 Å². The molecule has 2 aliphatic heterocycles. The van der Waals surface area contributed by atoms with E-state index < -0.39 is 5.97 Å². The molecule has 3 heterocycles. The Morgan fingerprint density at radius 3 is 2.62 bits per heavy atom. The summed E-state index contributed by atoms with van der Waals surface area (Å²) in [6, 6.07) is 12.2. The summed E-state index contributed by atoms with van der Waals surface area (Å²) in [6.07, 6.45) is 0. The summed E-state index contributed by atoms with van der Waals surface area (Å²) in [7, 11) is 2.88. The van der Waals surface area contributed by atoms with E-state index in [0.717, 1.165) is 5.69 Å². The fraction of sp³-hybridized carbons (Fsp3) is 0.182. The van der Waals surface area contributed by atoms with Gasteiger partial charge in [0, 0.05) is 16.9 Å². The molecule has 0 aliphatic carbocycles. The molecular formula is C22H18N4O5S. The molecule has 9 nitrogen and oxygen atoms in total. The van der Waals surface area contributed by atoms with Crippen molar-refractivity contribution >= 4 is 40.2 Å². The van der Waals surface area contributed by atoms with Crippen LogP contribution in [0.25, 0.3) is 5.57 Å². The Labute approximate surface area is 185 Å². The van der Waals surface area contributed by atoms with E-state index in [0.29, 0.717) is 44.1 Å². The van der Waals surface area contributed by atoms with E-state index in [9.17, 15) is 14.4 Å². The standard InChI is InChI=1S/C22H18N4O5S/c1-30-14-7-8-16-15(9-14)17(19(27)24-16)18-20(28)26-11-25(10-23-22(26)32-18)13-5-3-12(4-6-13)21(29)31-2/h3-9H,10-11H2,1-2H3,(H,24,27). The lowest BCUT2D eigenvalue weighted by Gasteiger charge is -2.25. The van der Waals surface area contributed by atoms with Gasteiger partial charge in [0.2, 0.25) is 0 Å². The topological polar surface area (TPSA) is 102 Å². The van der Waals surface area contributed by atoms with Crippen molar-refractivity contribution in [2.24, 2.45) is 4.99 Å². The molecule has 0 fully saturated rings. The number of esters is 1. The van der Waals surface area contributed by atoms with E-state index in [1.54, 1.807) is 54.1 Å². The molecule has 2 aliphatic rings. The predicted molar refractivity (Wildman–Crippen MR) is 119 cm³/mol. The molecule has 162 valence electrons. The Morgan fingerprint density at radius 1 is 1.12 bits per heavy atom.